The summed E-state index contributed by atoms with van der Waals surface area (Å²) in [4.78, 5) is 29.3. The van der Waals surface area contributed by atoms with Gasteiger partial charge in [0.25, 0.3) is 5.56 Å². The van der Waals surface area contributed by atoms with E-state index in [0.717, 1.165) is 11.8 Å². The molecular formula is C12H12N4O2S. The van der Waals surface area contributed by atoms with Gasteiger partial charge in [0.15, 0.2) is 5.16 Å². The van der Waals surface area contributed by atoms with E-state index in [4.69, 9.17) is 11.5 Å². The quantitative estimate of drug-likeness (QED) is 0.558. The molecule has 7 heteroatoms. The van der Waals surface area contributed by atoms with Crippen LogP contribution in [0.2, 0.25) is 0 Å². The molecule has 0 aliphatic rings. The van der Waals surface area contributed by atoms with Gasteiger partial charge in [-0.2, -0.15) is 0 Å². The van der Waals surface area contributed by atoms with Gasteiger partial charge in [-0.3, -0.25) is 9.59 Å². The molecule has 1 aromatic carbocycles. The minimum absolute atomic E-state index is 0.0348. The van der Waals surface area contributed by atoms with E-state index < -0.39 is 5.91 Å². The van der Waals surface area contributed by atoms with Crippen LogP contribution < -0.4 is 17.0 Å². The molecule has 0 spiro atoms. The number of hydrogen-bond acceptors (Lipinski definition) is 5. The second-order valence-corrected chi connectivity index (χ2v) is 4.72. The Hall–Kier alpha value is -2.28. The van der Waals surface area contributed by atoms with Crippen molar-refractivity contribution >= 4 is 23.5 Å². The van der Waals surface area contributed by atoms with Gasteiger partial charge in [0.05, 0.1) is 11.3 Å². The number of H-pyrrole nitrogens is 1. The molecule has 98 valence electrons. The second-order valence-electron chi connectivity index (χ2n) is 3.75. The van der Waals surface area contributed by atoms with E-state index in [2.05, 4.69) is 9.97 Å². The van der Waals surface area contributed by atoms with Crippen molar-refractivity contribution in [2.45, 2.75) is 5.16 Å². The third kappa shape index (κ3) is 3.14. The topological polar surface area (TPSA) is 115 Å². The Morgan fingerprint density at radius 2 is 2.00 bits per heavy atom. The first-order chi connectivity index (χ1) is 9.08. The number of benzene rings is 1. The lowest BCUT2D eigenvalue weighted by molar-refractivity contribution is -0.115. The first-order valence-electron chi connectivity index (χ1n) is 5.44. The molecular weight excluding hydrogens is 264 g/mol. The minimum Gasteiger partial charge on any atom is -0.383 e. The Morgan fingerprint density at radius 3 is 2.58 bits per heavy atom. The van der Waals surface area contributed by atoms with Gasteiger partial charge >= 0.3 is 0 Å². The SMILES string of the molecule is NC(=O)CSc1nc(N)c(-c2ccccc2)c(=O)[nH]1. The van der Waals surface area contributed by atoms with E-state index in [1.807, 2.05) is 18.2 Å². The van der Waals surface area contributed by atoms with Crippen LogP contribution >= 0.6 is 11.8 Å². The van der Waals surface area contributed by atoms with E-state index in [1.54, 1.807) is 12.1 Å². The summed E-state index contributed by atoms with van der Waals surface area (Å²) in [6, 6.07) is 9.02. The monoisotopic (exact) mass is 276 g/mol. The smallest absolute Gasteiger partial charge is 0.261 e. The zero-order valence-corrected chi connectivity index (χ0v) is 10.7. The lowest BCUT2D eigenvalue weighted by Gasteiger charge is -2.06. The van der Waals surface area contributed by atoms with Crippen molar-refractivity contribution < 1.29 is 4.79 Å². The van der Waals surface area contributed by atoms with Crippen molar-refractivity contribution in [1.82, 2.24) is 9.97 Å². The molecule has 1 heterocycles. The maximum Gasteiger partial charge on any atom is 0.261 e. The van der Waals surface area contributed by atoms with Crippen molar-refractivity contribution in [3.05, 3.63) is 40.7 Å². The highest BCUT2D eigenvalue weighted by atomic mass is 32.2. The number of carbonyl (C=O) groups is 1. The Bertz CT molecular complexity index is 655. The van der Waals surface area contributed by atoms with Crippen LogP contribution in [0.25, 0.3) is 11.1 Å². The first kappa shape index (κ1) is 13.2. The number of nitrogens with two attached hydrogens (primary N) is 2. The highest BCUT2D eigenvalue weighted by molar-refractivity contribution is 7.99. The van der Waals surface area contributed by atoms with Gasteiger partial charge in [-0.05, 0) is 5.56 Å². The summed E-state index contributed by atoms with van der Waals surface area (Å²) in [6.45, 7) is 0. The molecule has 0 fully saturated rings. The summed E-state index contributed by atoms with van der Waals surface area (Å²) >= 11 is 1.04. The van der Waals surface area contributed by atoms with Crippen molar-refractivity contribution in [1.29, 1.82) is 0 Å². The number of anilines is 1. The molecule has 1 aromatic heterocycles. The van der Waals surface area contributed by atoms with E-state index in [0.29, 0.717) is 11.1 Å². The van der Waals surface area contributed by atoms with Gasteiger partial charge in [0.2, 0.25) is 5.91 Å². The number of nitrogens with zero attached hydrogens (tertiary/aromatic N) is 1. The summed E-state index contributed by atoms with van der Waals surface area (Å²) < 4.78 is 0. The molecule has 2 rings (SSSR count). The fourth-order valence-corrected chi connectivity index (χ4v) is 2.17. The number of thioether (sulfide) groups is 1. The summed E-state index contributed by atoms with van der Waals surface area (Å²) in [6.07, 6.45) is 0. The van der Waals surface area contributed by atoms with E-state index in [-0.39, 0.29) is 22.3 Å². The molecule has 0 bridgehead atoms. The molecule has 0 saturated heterocycles. The van der Waals surface area contributed by atoms with Crippen LogP contribution in [0.4, 0.5) is 5.82 Å². The molecule has 2 aromatic rings. The predicted molar refractivity (Wildman–Crippen MR) is 74.6 cm³/mol. The van der Waals surface area contributed by atoms with Crippen LogP contribution in [-0.4, -0.2) is 21.6 Å². The summed E-state index contributed by atoms with van der Waals surface area (Å²) in [5.74, 6) is -0.326. The molecule has 19 heavy (non-hydrogen) atoms. The molecule has 0 aliphatic heterocycles. The zero-order chi connectivity index (χ0) is 13.8. The number of hydrogen-bond donors (Lipinski definition) is 3. The largest absolute Gasteiger partial charge is 0.383 e. The molecule has 0 unspecified atom stereocenters. The number of amides is 1. The van der Waals surface area contributed by atoms with E-state index >= 15 is 0 Å². The fraction of sp³-hybridized carbons (Fsp3) is 0.0833. The highest BCUT2D eigenvalue weighted by Crippen LogP contribution is 2.21. The van der Waals surface area contributed by atoms with Crippen LogP contribution in [0.5, 0.6) is 0 Å². The van der Waals surface area contributed by atoms with Gasteiger partial charge in [-0.15, -0.1) is 0 Å². The lowest BCUT2D eigenvalue weighted by Crippen LogP contribution is -2.17. The Kier molecular flexibility index (Phi) is 3.86. The van der Waals surface area contributed by atoms with Gasteiger partial charge in [-0.25, -0.2) is 4.98 Å². The molecule has 6 nitrogen and oxygen atoms in total. The van der Waals surface area contributed by atoms with Crippen molar-refractivity contribution in [3.8, 4) is 11.1 Å². The Labute approximate surface area is 113 Å². The average molecular weight is 276 g/mol. The normalized spacial score (nSPS) is 10.3. The molecule has 1 amide bonds. The molecule has 0 atom stereocenters. The highest BCUT2D eigenvalue weighted by Gasteiger charge is 2.11. The van der Waals surface area contributed by atoms with Crippen LogP contribution in [0.1, 0.15) is 0 Å². The van der Waals surface area contributed by atoms with Gasteiger partial charge in [0.1, 0.15) is 5.82 Å². The van der Waals surface area contributed by atoms with E-state index in [9.17, 15) is 9.59 Å². The fourth-order valence-electron chi connectivity index (χ4n) is 1.56. The van der Waals surface area contributed by atoms with Crippen molar-refractivity contribution in [2.75, 3.05) is 11.5 Å². The summed E-state index contributed by atoms with van der Waals surface area (Å²) in [5.41, 5.74) is 11.5. The standard InChI is InChI=1S/C12H12N4O2S/c13-8(17)6-19-12-15-10(14)9(11(18)16-12)7-4-2-1-3-5-7/h1-5H,6H2,(H2,13,17)(H3,14,15,16,18). The van der Waals surface area contributed by atoms with Crippen LogP contribution in [0.3, 0.4) is 0 Å². The van der Waals surface area contributed by atoms with E-state index in [1.165, 1.54) is 0 Å². The van der Waals surface area contributed by atoms with Gasteiger partial charge in [-0.1, -0.05) is 42.1 Å². The number of primary amides is 1. The minimum atomic E-state index is -0.488. The third-order valence-corrected chi connectivity index (χ3v) is 3.23. The Morgan fingerprint density at radius 1 is 1.32 bits per heavy atom. The number of rotatable bonds is 4. The van der Waals surface area contributed by atoms with Crippen LogP contribution in [-0.2, 0) is 4.79 Å². The summed E-state index contributed by atoms with van der Waals surface area (Å²) in [5, 5.41) is 0.279. The Balaban J connectivity index is 2.38. The molecule has 0 aliphatic carbocycles. The predicted octanol–water partition coefficient (Wildman–Crippen LogP) is 0.597. The number of nitrogens with one attached hydrogen (secondary N) is 1. The van der Waals surface area contributed by atoms with Crippen molar-refractivity contribution in [2.24, 2.45) is 5.73 Å². The van der Waals surface area contributed by atoms with Gasteiger partial charge in [0, 0.05) is 0 Å². The number of carbonyl (C=O) groups excluding carboxylic acids is 1. The first-order valence-corrected chi connectivity index (χ1v) is 6.43. The maximum absolute atomic E-state index is 12.0. The zero-order valence-electron chi connectivity index (χ0n) is 9.92. The number of aromatic amines is 1. The third-order valence-electron chi connectivity index (χ3n) is 2.34. The lowest BCUT2D eigenvalue weighted by atomic mass is 10.1. The van der Waals surface area contributed by atoms with Crippen LogP contribution in [0.15, 0.2) is 40.3 Å². The average Bonchev–Trinajstić information content (AvgIpc) is 2.37. The second kappa shape index (κ2) is 5.57. The van der Waals surface area contributed by atoms with Crippen LogP contribution in [0, 0.1) is 0 Å². The van der Waals surface area contributed by atoms with Crippen molar-refractivity contribution in [3.63, 3.8) is 0 Å². The maximum atomic E-state index is 12.0. The number of nitrogen functional groups attached to an aromatic ring is 1. The molecule has 0 saturated carbocycles. The number of aromatic nitrogens is 2. The summed E-state index contributed by atoms with van der Waals surface area (Å²) in [7, 11) is 0. The van der Waals surface area contributed by atoms with Gasteiger partial charge < -0.3 is 16.5 Å². The molecule has 0 radical (unpaired) electrons. The molecule has 5 N–H and O–H groups in total.